The smallest absolute Gasteiger partial charge is 0.287 e. The first-order valence-electron chi connectivity index (χ1n) is 12.0. The molecule has 186 valence electrons. The van der Waals surface area contributed by atoms with E-state index in [-0.39, 0.29) is 11.7 Å². The Morgan fingerprint density at radius 3 is 2.57 bits per heavy atom. The van der Waals surface area contributed by atoms with Crippen molar-refractivity contribution in [2.24, 2.45) is 5.92 Å². The molecule has 3 heterocycles. The second-order valence-electron chi connectivity index (χ2n) is 8.94. The normalized spacial score (nSPS) is 14.0. The van der Waals surface area contributed by atoms with Crippen LogP contribution in [0, 0.1) is 11.7 Å². The van der Waals surface area contributed by atoms with Crippen LogP contribution in [0.5, 0.6) is 0 Å². The van der Waals surface area contributed by atoms with Gasteiger partial charge in [-0.1, -0.05) is 44.7 Å². The summed E-state index contributed by atoms with van der Waals surface area (Å²) in [5.74, 6) is 2.44. The minimum Gasteiger partial charge on any atom is -0.455 e. The van der Waals surface area contributed by atoms with Gasteiger partial charge in [0.25, 0.3) is 5.91 Å². The van der Waals surface area contributed by atoms with Crippen molar-refractivity contribution in [3.8, 4) is 0 Å². The number of anilines is 2. The van der Waals surface area contributed by atoms with Crippen LogP contribution in [0.15, 0.2) is 52.0 Å². The maximum absolute atomic E-state index is 14.2. The molecule has 3 aromatic rings. The van der Waals surface area contributed by atoms with Gasteiger partial charge in [-0.2, -0.15) is 0 Å². The fraction of sp³-hybridized carbons (Fsp3) is 0.423. The number of hydrogen-bond donors (Lipinski definition) is 1. The van der Waals surface area contributed by atoms with Crippen molar-refractivity contribution in [3.63, 3.8) is 0 Å². The first-order valence-corrected chi connectivity index (χ1v) is 13.0. The van der Waals surface area contributed by atoms with Crippen LogP contribution in [0.4, 0.5) is 15.9 Å². The number of halogens is 1. The summed E-state index contributed by atoms with van der Waals surface area (Å²) in [6.07, 6.45) is 0.805. The Labute approximate surface area is 210 Å². The number of aryl methyl sites for hydroxylation is 1. The highest BCUT2D eigenvalue weighted by atomic mass is 32.2. The molecule has 0 atom stereocenters. The number of furan rings is 1. The summed E-state index contributed by atoms with van der Waals surface area (Å²) in [6.45, 7) is 9.74. The summed E-state index contributed by atoms with van der Waals surface area (Å²) in [4.78, 5) is 26.0. The van der Waals surface area contributed by atoms with Gasteiger partial charge < -0.3 is 19.5 Å². The van der Waals surface area contributed by atoms with Crippen molar-refractivity contribution in [1.29, 1.82) is 0 Å². The maximum atomic E-state index is 14.2. The minimum absolute atomic E-state index is 0.187. The van der Waals surface area contributed by atoms with Gasteiger partial charge in [0.2, 0.25) is 0 Å². The predicted molar refractivity (Wildman–Crippen MR) is 138 cm³/mol. The zero-order valence-corrected chi connectivity index (χ0v) is 21.3. The lowest BCUT2D eigenvalue weighted by atomic mass is 10.2. The van der Waals surface area contributed by atoms with E-state index in [0.29, 0.717) is 40.6 Å². The van der Waals surface area contributed by atoms with Gasteiger partial charge in [0.1, 0.15) is 17.4 Å². The zero-order valence-electron chi connectivity index (χ0n) is 20.5. The van der Waals surface area contributed by atoms with Gasteiger partial charge in [-0.3, -0.25) is 4.79 Å². The summed E-state index contributed by atoms with van der Waals surface area (Å²) in [7, 11) is 0. The monoisotopic (exact) mass is 497 g/mol. The molecule has 0 aliphatic carbocycles. The van der Waals surface area contributed by atoms with Crippen LogP contribution in [0.2, 0.25) is 0 Å². The average molecular weight is 498 g/mol. The van der Waals surface area contributed by atoms with E-state index >= 15 is 0 Å². The Kier molecular flexibility index (Phi) is 8.28. The summed E-state index contributed by atoms with van der Waals surface area (Å²) in [6, 6.07) is 12.5. The number of carbonyl (C=O) groups excluding carboxylic acids is 1. The third-order valence-corrected chi connectivity index (χ3v) is 6.67. The van der Waals surface area contributed by atoms with Crippen molar-refractivity contribution in [3.05, 3.63) is 65.5 Å². The topological polar surface area (TPSA) is 74.5 Å². The predicted octanol–water partition coefficient (Wildman–Crippen LogP) is 4.78. The molecule has 35 heavy (non-hydrogen) atoms. The van der Waals surface area contributed by atoms with Gasteiger partial charge in [-0.25, -0.2) is 14.4 Å². The lowest BCUT2D eigenvalue weighted by molar-refractivity contribution is 0.0920. The largest absolute Gasteiger partial charge is 0.455 e. The number of nitrogens with zero attached hydrogens (tertiary/aromatic N) is 4. The van der Waals surface area contributed by atoms with E-state index in [1.165, 1.54) is 17.8 Å². The SMILES string of the molecule is CCc1cc(N2CCN(c3ccccc3F)CC2)nc(SCc2ccc(C(=O)NCC(C)C)o2)n1. The molecule has 4 rings (SSSR count). The molecule has 1 N–H and O–H groups in total. The van der Waals surface area contributed by atoms with Crippen molar-refractivity contribution in [1.82, 2.24) is 15.3 Å². The first kappa shape index (κ1) is 25.0. The number of hydrogen-bond acceptors (Lipinski definition) is 7. The van der Waals surface area contributed by atoms with Gasteiger partial charge in [-0.15, -0.1) is 0 Å². The highest BCUT2D eigenvalue weighted by Crippen LogP contribution is 2.26. The molecule has 1 aromatic carbocycles. The molecule has 2 aromatic heterocycles. The number of carbonyl (C=O) groups is 1. The van der Waals surface area contributed by atoms with Gasteiger partial charge in [0, 0.05) is 44.5 Å². The Morgan fingerprint density at radius 2 is 1.86 bits per heavy atom. The third kappa shape index (κ3) is 6.54. The van der Waals surface area contributed by atoms with E-state index in [2.05, 4.69) is 27.0 Å². The van der Waals surface area contributed by atoms with Crippen LogP contribution in [-0.4, -0.2) is 48.6 Å². The molecule has 9 heteroatoms. The first-order chi connectivity index (χ1) is 16.9. The fourth-order valence-corrected chi connectivity index (χ4v) is 4.62. The molecule has 1 saturated heterocycles. The summed E-state index contributed by atoms with van der Waals surface area (Å²) in [5, 5.41) is 3.55. The van der Waals surface area contributed by atoms with Crippen molar-refractivity contribution in [2.75, 3.05) is 42.5 Å². The highest BCUT2D eigenvalue weighted by Gasteiger charge is 2.21. The van der Waals surface area contributed by atoms with E-state index < -0.39 is 0 Å². The second kappa shape index (κ2) is 11.6. The fourth-order valence-electron chi connectivity index (χ4n) is 3.85. The summed E-state index contributed by atoms with van der Waals surface area (Å²) in [5.41, 5.74) is 1.62. The van der Waals surface area contributed by atoms with E-state index in [1.807, 2.05) is 38.1 Å². The van der Waals surface area contributed by atoms with E-state index in [1.54, 1.807) is 12.1 Å². The van der Waals surface area contributed by atoms with Gasteiger partial charge in [0.15, 0.2) is 10.9 Å². The summed E-state index contributed by atoms with van der Waals surface area (Å²) >= 11 is 1.49. The molecule has 1 aliphatic rings. The third-order valence-electron chi connectivity index (χ3n) is 5.80. The molecular weight excluding hydrogens is 465 g/mol. The summed E-state index contributed by atoms with van der Waals surface area (Å²) < 4.78 is 19.9. The van der Waals surface area contributed by atoms with E-state index in [0.717, 1.165) is 44.1 Å². The molecule has 1 aliphatic heterocycles. The molecular formula is C26H32FN5O2S. The van der Waals surface area contributed by atoms with Crippen molar-refractivity contribution < 1.29 is 13.6 Å². The van der Waals surface area contributed by atoms with Gasteiger partial charge in [0.05, 0.1) is 11.4 Å². The Bertz CT molecular complexity index is 1140. The molecule has 1 fully saturated rings. The van der Waals surface area contributed by atoms with Gasteiger partial charge in [-0.05, 0) is 36.6 Å². The Hall–Kier alpha value is -3.07. The molecule has 0 spiro atoms. The molecule has 0 radical (unpaired) electrons. The molecule has 1 amide bonds. The van der Waals surface area contributed by atoms with Crippen LogP contribution in [0.1, 0.15) is 42.8 Å². The highest BCUT2D eigenvalue weighted by molar-refractivity contribution is 7.98. The number of piperazine rings is 1. The lowest BCUT2D eigenvalue weighted by Gasteiger charge is -2.37. The average Bonchev–Trinajstić information content (AvgIpc) is 3.35. The van der Waals surface area contributed by atoms with Gasteiger partial charge >= 0.3 is 0 Å². The number of amides is 1. The standard InChI is InChI=1S/C26H32FN5O2S/c1-4-19-15-24(32-13-11-31(12-14-32)22-8-6-5-7-21(22)27)30-26(29-19)35-17-20-9-10-23(34-20)25(33)28-16-18(2)3/h5-10,15,18H,4,11-14,16-17H2,1-3H3,(H,28,33). The number of thioether (sulfide) groups is 1. The van der Waals surface area contributed by atoms with Crippen LogP contribution >= 0.6 is 11.8 Å². The second-order valence-corrected chi connectivity index (χ2v) is 9.88. The lowest BCUT2D eigenvalue weighted by Crippen LogP contribution is -2.47. The maximum Gasteiger partial charge on any atom is 0.287 e. The number of nitrogens with one attached hydrogen (secondary N) is 1. The van der Waals surface area contributed by atoms with Crippen LogP contribution < -0.4 is 15.1 Å². The number of para-hydroxylation sites is 1. The van der Waals surface area contributed by atoms with Crippen LogP contribution in [0.25, 0.3) is 0 Å². The van der Waals surface area contributed by atoms with E-state index in [9.17, 15) is 9.18 Å². The van der Waals surface area contributed by atoms with Crippen molar-refractivity contribution >= 4 is 29.2 Å². The molecule has 0 saturated carbocycles. The Morgan fingerprint density at radius 1 is 1.11 bits per heavy atom. The zero-order chi connectivity index (χ0) is 24.8. The molecule has 0 unspecified atom stereocenters. The molecule has 0 bridgehead atoms. The van der Waals surface area contributed by atoms with E-state index in [4.69, 9.17) is 9.40 Å². The Balaban J connectivity index is 1.38. The number of rotatable bonds is 9. The molecule has 7 nitrogen and oxygen atoms in total. The quantitative estimate of drug-likeness (QED) is 0.337. The van der Waals surface area contributed by atoms with Crippen LogP contribution in [-0.2, 0) is 12.2 Å². The van der Waals surface area contributed by atoms with Crippen molar-refractivity contribution in [2.45, 2.75) is 38.1 Å². The number of benzene rings is 1. The number of aromatic nitrogens is 2. The van der Waals surface area contributed by atoms with Crippen LogP contribution in [0.3, 0.4) is 0 Å². The minimum atomic E-state index is -0.198.